The molecule has 0 bridgehead atoms. The lowest BCUT2D eigenvalue weighted by Crippen LogP contribution is -2.39. The molecule has 1 aromatic heterocycles. The van der Waals surface area contributed by atoms with E-state index >= 15 is 0 Å². The van der Waals surface area contributed by atoms with Crippen LogP contribution in [0.3, 0.4) is 0 Å². The summed E-state index contributed by atoms with van der Waals surface area (Å²) in [4.78, 5) is 20.2. The Labute approximate surface area is 125 Å². The van der Waals surface area contributed by atoms with Crippen molar-refractivity contribution in [1.29, 1.82) is 0 Å². The lowest BCUT2D eigenvalue weighted by Gasteiger charge is -2.27. The molecule has 1 aliphatic heterocycles. The van der Waals surface area contributed by atoms with E-state index in [1.165, 1.54) is 0 Å². The molecule has 6 heteroatoms. The minimum absolute atomic E-state index is 0.244. The highest BCUT2D eigenvalue weighted by atomic mass is 16.6. The number of carbonyl (C=O) groups excluding carboxylic acids is 1. The van der Waals surface area contributed by atoms with Crippen LogP contribution < -0.4 is 10.6 Å². The van der Waals surface area contributed by atoms with Crippen LogP contribution in [0.2, 0.25) is 0 Å². The monoisotopic (exact) mass is 292 g/mol. The van der Waals surface area contributed by atoms with E-state index in [4.69, 9.17) is 10.5 Å². The van der Waals surface area contributed by atoms with E-state index in [-0.39, 0.29) is 12.1 Å². The van der Waals surface area contributed by atoms with Crippen molar-refractivity contribution in [1.82, 2.24) is 9.88 Å². The van der Waals surface area contributed by atoms with Gasteiger partial charge in [0.2, 0.25) is 0 Å². The van der Waals surface area contributed by atoms with Crippen molar-refractivity contribution in [2.75, 3.05) is 30.8 Å². The van der Waals surface area contributed by atoms with Gasteiger partial charge in [0, 0.05) is 26.2 Å². The quantitative estimate of drug-likeness (QED) is 0.904. The van der Waals surface area contributed by atoms with E-state index in [0.29, 0.717) is 18.8 Å². The summed E-state index contributed by atoms with van der Waals surface area (Å²) in [7, 11) is 1.99. The average Bonchev–Trinajstić information content (AvgIpc) is 2.86. The molecule has 1 aliphatic rings. The van der Waals surface area contributed by atoms with Gasteiger partial charge in [-0.05, 0) is 39.3 Å². The van der Waals surface area contributed by atoms with Crippen molar-refractivity contribution in [3.05, 3.63) is 18.3 Å². The van der Waals surface area contributed by atoms with Gasteiger partial charge in [-0.15, -0.1) is 0 Å². The summed E-state index contributed by atoms with van der Waals surface area (Å²) < 4.78 is 5.41. The molecule has 1 atom stereocenters. The van der Waals surface area contributed by atoms with Gasteiger partial charge in [-0.25, -0.2) is 9.78 Å². The third kappa shape index (κ3) is 4.00. The van der Waals surface area contributed by atoms with E-state index in [1.54, 1.807) is 11.1 Å². The van der Waals surface area contributed by atoms with Gasteiger partial charge in [0.05, 0.1) is 11.9 Å². The van der Waals surface area contributed by atoms with Gasteiger partial charge in [-0.2, -0.15) is 0 Å². The molecule has 0 radical (unpaired) electrons. The maximum Gasteiger partial charge on any atom is 0.410 e. The topological polar surface area (TPSA) is 71.7 Å². The van der Waals surface area contributed by atoms with E-state index in [2.05, 4.69) is 9.88 Å². The predicted octanol–water partition coefficient (Wildman–Crippen LogP) is 2.11. The molecule has 2 rings (SSSR count). The van der Waals surface area contributed by atoms with Gasteiger partial charge in [0.25, 0.3) is 0 Å². The number of pyridine rings is 1. The number of carbonyl (C=O) groups is 1. The van der Waals surface area contributed by atoms with Gasteiger partial charge in [-0.3, -0.25) is 0 Å². The first-order valence-electron chi connectivity index (χ1n) is 7.18. The van der Waals surface area contributed by atoms with Crippen molar-refractivity contribution < 1.29 is 9.53 Å². The summed E-state index contributed by atoms with van der Waals surface area (Å²) in [5, 5.41) is 0. The van der Waals surface area contributed by atoms with Crippen LogP contribution in [-0.4, -0.2) is 47.8 Å². The first-order valence-corrected chi connectivity index (χ1v) is 7.18. The van der Waals surface area contributed by atoms with Crippen LogP contribution in [0.15, 0.2) is 18.3 Å². The van der Waals surface area contributed by atoms with Crippen LogP contribution in [0.1, 0.15) is 27.2 Å². The Balaban J connectivity index is 1.95. The summed E-state index contributed by atoms with van der Waals surface area (Å²) >= 11 is 0. The second-order valence-electron chi connectivity index (χ2n) is 6.43. The third-order valence-electron chi connectivity index (χ3n) is 3.49. The molecule has 116 valence electrons. The van der Waals surface area contributed by atoms with Gasteiger partial charge in [0.15, 0.2) is 0 Å². The summed E-state index contributed by atoms with van der Waals surface area (Å²) in [6.07, 6.45) is 2.30. The molecule has 0 spiro atoms. The molecule has 21 heavy (non-hydrogen) atoms. The zero-order chi connectivity index (χ0) is 15.6. The van der Waals surface area contributed by atoms with Crippen LogP contribution in [0.25, 0.3) is 0 Å². The maximum atomic E-state index is 12.1. The molecular weight excluding hydrogens is 268 g/mol. The summed E-state index contributed by atoms with van der Waals surface area (Å²) in [6, 6.07) is 3.97. The Hall–Kier alpha value is -1.98. The third-order valence-corrected chi connectivity index (χ3v) is 3.49. The first-order chi connectivity index (χ1) is 9.76. The lowest BCUT2D eigenvalue weighted by molar-refractivity contribution is 0.0292. The molecule has 1 saturated heterocycles. The Morgan fingerprint density at radius 3 is 2.76 bits per heavy atom. The highest BCUT2D eigenvalue weighted by Gasteiger charge is 2.32. The number of nitrogen functional groups attached to an aromatic ring is 1. The minimum atomic E-state index is -0.459. The molecule has 2 heterocycles. The SMILES string of the molecule is CN(c1ccc(N)cn1)C1CCN(C(=O)OC(C)(C)C)C1. The van der Waals surface area contributed by atoms with Crippen molar-refractivity contribution >= 4 is 17.6 Å². The highest BCUT2D eigenvalue weighted by Crippen LogP contribution is 2.22. The van der Waals surface area contributed by atoms with Crippen molar-refractivity contribution in [3.63, 3.8) is 0 Å². The van der Waals surface area contributed by atoms with E-state index in [1.807, 2.05) is 40.0 Å². The van der Waals surface area contributed by atoms with Crippen molar-refractivity contribution in [2.45, 2.75) is 38.8 Å². The normalized spacial score (nSPS) is 18.7. The Morgan fingerprint density at radius 1 is 1.48 bits per heavy atom. The molecule has 2 N–H and O–H groups in total. The van der Waals surface area contributed by atoms with Gasteiger partial charge in [-0.1, -0.05) is 0 Å². The number of aromatic nitrogens is 1. The van der Waals surface area contributed by atoms with Gasteiger partial charge in [0.1, 0.15) is 11.4 Å². The number of likely N-dealkylation sites (tertiary alicyclic amines) is 1. The zero-order valence-corrected chi connectivity index (χ0v) is 13.2. The van der Waals surface area contributed by atoms with Crippen LogP contribution in [0.5, 0.6) is 0 Å². The van der Waals surface area contributed by atoms with E-state index < -0.39 is 5.60 Å². The Kier molecular flexibility index (Phi) is 4.25. The predicted molar refractivity (Wildman–Crippen MR) is 83.3 cm³/mol. The lowest BCUT2D eigenvalue weighted by atomic mass is 10.2. The number of nitrogens with two attached hydrogens (primary N) is 1. The molecule has 0 aliphatic carbocycles. The number of rotatable bonds is 2. The molecule has 0 aromatic carbocycles. The molecular formula is C15H24N4O2. The average molecular weight is 292 g/mol. The van der Waals surface area contributed by atoms with Crippen LogP contribution in [0, 0.1) is 0 Å². The molecule has 1 fully saturated rings. The van der Waals surface area contributed by atoms with Gasteiger partial charge >= 0.3 is 6.09 Å². The highest BCUT2D eigenvalue weighted by molar-refractivity contribution is 5.68. The summed E-state index contributed by atoms with van der Waals surface area (Å²) in [6.45, 7) is 6.99. The number of amides is 1. The molecule has 1 amide bonds. The molecule has 1 unspecified atom stereocenters. The van der Waals surface area contributed by atoms with Crippen LogP contribution >= 0.6 is 0 Å². The molecule has 6 nitrogen and oxygen atoms in total. The van der Waals surface area contributed by atoms with E-state index in [0.717, 1.165) is 12.2 Å². The standard InChI is InChI=1S/C15H24N4O2/c1-15(2,3)21-14(20)19-8-7-12(10-19)18(4)13-6-5-11(16)9-17-13/h5-6,9,12H,7-8,10,16H2,1-4H3. The Morgan fingerprint density at radius 2 is 2.19 bits per heavy atom. The zero-order valence-electron chi connectivity index (χ0n) is 13.2. The molecule has 1 aromatic rings. The summed E-state index contributed by atoms with van der Waals surface area (Å²) in [5.74, 6) is 0.861. The fourth-order valence-electron chi connectivity index (χ4n) is 2.34. The number of hydrogen-bond donors (Lipinski definition) is 1. The largest absolute Gasteiger partial charge is 0.444 e. The van der Waals surface area contributed by atoms with Crippen molar-refractivity contribution in [3.8, 4) is 0 Å². The minimum Gasteiger partial charge on any atom is -0.444 e. The summed E-state index contributed by atoms with van der Waals surface area (Å²) in [5.41, 5.74) is 5.84. The number of ether oxygens (including phenoxy) is 1. The first kappa shape index (κ1) is 15.4. The number of nitrogens with zero attached hydrogens (tertiary/aromatic N) is 3. The van der Waals surface area contributed by atoms with Crippen molar-refractivity contribution in [2.24, 2.45) is 0 Å². The maximum absolute atomic E-state index is 12.1. The molecule has 0 saturated carbocycles. The number of anilines is 2. The fraction of sp³-hybridized carbons (Fsp3) is 0.600. The van der Waals surface area contributed by atoms with Crippen LogP contribution in [-0.2, 0) is 4.74 Å². The Bertz CT molecular complexity index is 495. The fourth-order valence-corrected chi connectivity index (χ4v) is 2.34. The van der Waals surface area contributed by atoms with E-state index in [9.17, 15) is 4.79 Å². The van der Waals surface area contributed by atoms with Crippen LogP contribution in [0.4, 0.5) is 16.3 Å². The number of hydrogen-bond acceptors (Lipinski definition) is 5. The smallest absolute Gasteiger partial charge is 0.410 e. The number of likely N-dealkylation sites (N-methyl/N-ethyl adjacent to an activating group) is 1. The second kappa shape index (κ2) is 5.79. The second-order valence-corrected chi connectivity index (χ2v) is 6.43. The van der Waals surface area contributed by atoms with Gasteiger partial charge < -0.3 is 20.3 Å².